The van der Waals surface area contributed by atoms with Crippen molar-refractivity contribution in [3.63, 3.8) is 0 Å². The smallest absolute Gasteiger partial charge is 0.343 e. The Morgan fingerprint density at radius 1 is 1.31 bits per heavy atom. The van der Waals surface area contributed by atoms with Crippen LogP contribution in [0.5, 0.6) is 5.75 Å². The van der Waals surface area contributed by atoms with Gasteiger partial charge in [-0.2, -0.15) is 0 Å². The molecule has 2 aromatic rings. The number of ether oxygens (including phenoxy) is 3. The molecule has 1 fully saturated rings. The molecule has 136 valence electrons. The lowest BCUT2D eigenvalue weighted by molar-refractivity contribution is 0.0469. The third kappa shape index (κ3) is 3.01. The van der Waals surface area contributed by atoms with E-state index in [2.05, 4.69) is 4.72 Å². The molecule has 0 aliphatic carbocycles. The largest absolute Gasteiger partial charge is 0.490 e. The maximum Gasteiger partial charge on any atom is 0.343 e. The fraction of sp³-hybridized carbons (Fsp3) is 0.316. The zero-order valence-corrected chi connectivity index (χ0v) is 15.0. The first-order valence-electron chi connectivity index (χ1n) is 8.36. The highest BCUT2D eigenvalue weighted by Crippen LogP contribution is 2.45. The third-order valence-corrected chi connectivity index (χ3v) is 5.56. The van der Waals surface area contributed by atoms with Crippen LogP contribution in [0.4, 0.5) is 10.1 Å². The fourth-order valence-electron chi connectivity index (χ4n) is 3.41. The van der Waals surface area contributed by atoms with E-state index in [0.29, 0.717) is 35.1 Å². The highest BCUT2D eigenvalue weighted by molar-refractivity contribution is 8.00. The highest BCUT2D eigenvalue weighted by atomic mass is 32.2. The number of halogens is 1. The number of anilines is 1. The second kappa shape index (κ2) is 7.17. The van der Waals surface area contributed by atoms with E-state index in [4.69, 9.17) is 14.2 Å². The molecule has 0 bridgehead atoms. The van der Waals surface area contributed by atoms with Crippen LogP contribution in [0.1, 0.15) is 28.3 Å². The summed E-state index contributed by atoms with van der Waals surface area (Å²) >= 11 is 1.10. The molecule has 2 atom stereocenters. The third-order valence-electron chi connectivity index (χ3n) is 4.69. The van der Waals surface area contributed by atoms with Crippen LogP contribution in [0.15, 0.2) is 41.3 Å². The van der Waals surface area contributed by atoms with Gasteiger partial charge in [0.25, 0.3) is 0 Å². The number of carbonyl (C=O) groups is 1. The van der Waals surface area contributed by atoms with Gasteiger partial charge in [-0.25, -0.2) is 9.18 Å². The molecule has 26 heavy (non-hydrogen) atoms. The molecule has 2 unspecified atom stereocenters. The second-order valence-electron chi connectivity index (χ2n) is 6.15. The summed E-state index contributed by atoms with van der Waals surface area (Å²) in [6.45, 7) is 1.10. The zero-order chi connectivity index (χ0) is 18.1. The van der Waals surface area contributed by atoms with Crippen LogP contribution in [0.3, 0.4) is 0 Å². The summed E-state index contributed by atoms with van der Waals surface area (Å²) in [6.07, 6.45) is 0.929. The summed E-state index contributed by atoms with van der Waals surface area (Å²) in [5.74, 6) is -0.0706. The van der Waals surface area contributed by atoms with Gasteiger partial charge < -0.3 is 18.9 Å². The van der Waals surface area contributed by atoms with E-state index in [9.17, 15) is 9.18 Å². The van der Waals surface area contributed by atoms with Crippen molar-refractivity contribution in [1.29, 1.82) is 0 Å². The Bertz CT molecular complexity index is 844. The first-order valence-corrected chi connectivity index (χ1v) is 9.17. The molecule has 0 radical (unpaired) electrons. The van der Waals surface area contributed by atoms with Crippen LogP contribution < -0.4 is 9.46 Å². The van der Waals surface area contributed by atoms with Crippen LogP contribution in [0.2, 0.25) is 0 Å². The maximum atomic E-state index is 13.8. The number of hydrogen-bond acceptors (Lipinski definition) is 6. The van der Waals surface area contributed by atoms with E-state index >= 15 is 0 Å². The minimum atomic E-state index is -0.490. The van der Waals surface area contributed by atoms with Crippen LogP contribution in [-0.4, -0.2) is 32.4 Å². The van der Waals surface area contributed by atoms with Crippen molar-refractivity contribution in [2.75, 3.05) is 25.0 Å². The molecule has 1 N–H and O–H groups in total. The molecular weight excluding hydrogens is 357 g/mol. The van der Waals surface area contributed by atoms with Gasteiger partial charge in [0.1, 0.15) is 23.7 Å². The van der Waals surface area contributed by atoms with E-state index in [0.717, 1.165) is 23.9 Å². The van der Waals surface area contributed by atoms with Crippen LogP contribution in [0, 0.1) is 5.82 Å². The quantitative estimate of drug-likeness (QED) is 0.644. The number of esters is 1. The Kier molecular flexibility index (Phi) is 4.74. The molecule has 2 heterocycles. The maximum absolute atomic E-state index is 13.8. The molecule has 0 saturated carbocycles. The van der Waals surface area contributed by atoms with E-state index in [1.165, 1.54) is 13.2 Å². The molecular formula is C19H18FNO4S. The number of hydrogen-bond donors (Lipinski definition) is 1. The van der Waals surface area contributed by atoms with E-state index in [1.54, 1.807) is 18.2 Å². The zero-order valence-electron chi connectivity index (χ0n) is 14.2. The van der Waals surface area contributed by atoms with Crippen molar-refractivity contribution >= 4 is 23.6 Å². The van der Waals surface area contributed by atoms with Crippen LogP contribution >= 0.6 is 11.9 Å². The van der Waals surface area contributed by atoms with Crippen molar-refractivity contribution in [2.24, 2.45) is 0 Å². The summed E-state index contributed by atoms with van der Waals surface area (Å²) in [5, 5.41) is 0. The van der Waals surface area contributed by atoms with E-state index in [-0.39, 0.29) is 17.8 Å². The standard InChI is InChI=1S/C19H18FNO4S/c1-23-19(22)17-14(21-26-16-5-3-2-4-13(16)20)7-6-12-11-8-9-24-15(11)10-25-18(12)17/h2-7,11,15,21H,8-10H2,1H3. The van der Waals surface area contributed by atoms with Gasteiger partial charge >= 0.3 is 5.97 Å². The van der Waals surface area contributed by atoms with Gasteiger partial charge in [0.05, 0.1) is 23.8 Å². The summed E-state index contributed by atoms with van der Waals surface area (Å²) in [6, 6.07) is 10.2. The first kappa shape index (κ1) is 17.2. The molecule has 2 aliphatic heterocycles. The lowest BCUT2D eigenvalue weighted by atomic mass is 9.88. The first-order chi connectivity index (χ1) is 12.7. The van der Waals surface area contributed by atoms with E-state index < -0.39 is 5.97 Å². The molecule has 1 saturated heterocycles. The van der Waals surface area contributed by atoms with Gasteiger partial charge in [0.15, 0.2) is 0 Å². The average molecular weight is 375 g/mol. The SMILES string of the molecule is COC(=O)c1c(NSc2ccccc2F)ccc2c1OCC1OCCC21. The minimum Gasteiger partial charge on any atom is -0.490 e. The molecule has 0 spiro atoms. The number of fused-ring (bicyclic) bond motifs is 3. The Morgan fingerprint density at radius 2 is 2.15 bits per heavy atom. The molecule has 7 heteroatoms. The predicted octanol–water partition coefficient (Wildman–Crippen LogP) is 4.00. The summed E-state index contributed by atoms with van der Waals surface area (Å²) in [5.41, 5.74) is 1.82. The molecule has 0 aromatic heterocycles. The number of rotatable bonds is 4. The number of benzene rings is 2. The van der Waals surface area contributed by atoms with Crippen molar-refractivity contribution in [3.8, 4) is 5.75 Å². The number of carbonyl (C=O) groups excluding carboxylic acids is 1. The molecule has 5 nitrogen and oxygen atoms in total. The van der Waals surface area contributed by atoms with Crippen LogP contribution in [0.25, 0.3) is 0 Å². The fourth-order valence-corrected chi connectivity index (χ4v) is 4.11. The topological polar surface area (TPSA) is 56.8 Å². The minimum absolute atomic E-state index is 0.0274. The van der Waals surface area contributed by atoms with Gasteiger partial charge in [-0.3, -0.25) is 0 Å². The predicted molar refractivity (Wildman–Crippen MR) is 96.3 cm³/mol. The second-order valence-corrected chi connectivity index (χ2v) is 7.00. The summed E-state index contributed by atoms with van der Waals surface area (Å²) in [7, 11) is 1.33. The Balaban J connectivity index is 1.68. The summed E-state index contributed by atoms with van der Waals surface area (Å²) in [4.78, 5) is 12.9. The van der Waals surface area contributed by atoms with Crippen LogP contribution in [-0.2, 0) is 9.47 Å². The van der Waals surface area contributed by atoms with Gasteiger partial charge in [0, 0.05) is 18.1 Å². The lowest BCUT2D eigenvalue weighted by Gasteiger charge is -2.29. The average Bonchev–Trinajstić information content (AvgIpc) is 3.15. The van der Waals surface area contributed by atoms with Crippen molar-refractivity contribution in [3.05, 3.63) is 53.3 Å². The Hall–Kier alpha value is -2.25. The molecule has 0 amide bonds. The van der Waals surface area contributed by atoms with Gasteiger partial charge in [0.2, 0.25) is 0 Å². The highest BCUT2D eigenvalue weighted by Gasteiger charge is 2.38. The number of methoxy groups -OCH3 is 1. The van der Waals surface area contributed by atoms with Gasteiger partial charge in [-0.15, -0.1) is 0 Å². The van der Waals surface area contributed by atoms with Crippen molar-refractivity contribution < 1.29 is 23.4 Å². The lowest BCUT2D eigenvalue weighted by Crippen LogP contribution is -2.29. The van der Waals surface area contributed by atoms with Gasteiger partial charge in [-0.1, -0.05) is 18.2 Å². The molecule has 2 aliphatic rings. The Labute approximate surface area is 155 Å². The van der Waals surface area contributed by atoms with Gasteiger partial charge in [-0.05, 0) is 36.6 Å². The normalized spacial score (nSPS) is 20.7. The van der Waals surface area contributed by atoms with E-state index in [1.807, 2.05) is 12.1 Å². The molecule has 2 aromatic carbocycles. The monoisotopic (exact) mass is 375 g/mol. The summed E-state index contributed by atoms with van der Waals surface area (Å²) < 4.78 is 33.4. The van der Waals surface area contributed by atoms with Crippen molar-refractivity contribution in [2.45, 2.75) is 23.3 Å². The number of nitrogens with one attached hydrogen (secondary N) is 1. The Morgan fingerprint density at radius 3 is 2.96 bits per heavy atom. The van der Waals surface area contributed by atoms with Crippen molar-refractivity contribution in [1.82, 2.24) is 0 Å². The molecule has 4 rings (SSSR count).